The third-order valence-electron chi connectivity index (χ3n) is 5.38. The first-order chi connectivity index (χ1) is 15.4. The van der Waals surface area contributed by atoms with E-state index in [9.17, 15) is 5.11 Å². The molecule has 5 nitrogen and oxygen atoms in total. The first kappa shape index (κ1) is 21.9. The average molecular weight is 423 g/mol. The second kappa shape index (κ2) is 9.43. The first-order valence-electron chi connectivity index (χ1n) is 10.7. The Morgan fingerprint density at radius 2 is 1.19 bits per heavy atom. The Morgan fingerprint density at radius 1 is 0.719 bits per heavy atom. The van der Waals surface area contributed by atoms with E-state index in [1.54, 1.807) is 13.8 Å². The summed E-state index contributed by atoms with van der Waals surface area (Å²) in [5.41, 5.74) is 2.85. The van der Waals surface area contributed by atoms with E-state index in [0.29, 0.717) is 25.0 Å². The van der Waals surface area contributed by atoms with Crippen molar-refractivity contribution in [2.24, 2.45) is 0 Å². The van der Waals surface area contributed by atoms with E-state index in [2.05, 4.69) is 0 Å². The molecular formula is C26H26BN3O2. The minimum absolute atomic E-state index is 0.294. The number of nitrogens with zero attached hydrogens (tertiary/aromatic N) is 3. The van der Waals surface area contributed by atoms with Gasteiger partial charge in [0.1, 0.15) is 0 Å². The maximum Gasteiger partial charge on any atom is 0.309 e. The summed E-state index contributed by atoms with van der Waals surface area (Å²) in [7, 11) is 0.390. The molecule has 0 saturated heterocycles. The third-order valence-corrected chi connectivity index (χ3v) is 5.38. The highest BCUT2D eigenvalue weighted by atomic mass is 16.5. The number of aliphatic hydroxyl groups is 1. The van der Waals surface area contributed by atoms with Crippen molar-refractivity contribution < 1.29 is 9.76 Å². The second-order valence-corrected chi connectivity index (χ2v) is 8.35. The Kier molecular flexibility index (Phi) is 6.44. The molecule has 0 aliphatic carbocycles. The lowest BCUT2D eigenvalue weighted by Gasteiger charge is -2.26. The van der Waals surface area contributed by atoms with Gasteiger partial charge in [0.05, 0.1) is 11.7 Å². The van der Waals surface area contributed by atoms with Crippen LogP contribution in [0.15, 0.2) is 84.9 Å². The molecule has 4 aromatic rings. The number of hydrogen-bond donors (Lipinski definition) is 1. The maximum atomic E-state index is 10.1. The fourth-order valence-corrected chi connectivity index (χ4v) is 3.16. The molecule has 1 heterocycles. The topological polar surface area (TPSA) is 68.1 Å². The van der Waals surface area contributed by atoms with Gasteiger partial charge in [-0.1, -0.05) is 90.4 Å². The molecule has 1 N–H and O–H groups in total. The molecule has 0 bridgehead atoms. The van der Waals surface area contributed by atoms with E-state index in [4.69, 9.17) is 19.6 Å². The molecule has 160 valence electrons. The smallest absolute Gasteiger partial charge is 0.309 e. The van der Waals surface area contributed by atoms with E-state index in [-0.39, 0.29) is 6.10 Å². The highest BCUT2D eigenvalue weighted by Gasteiger charge is 2.23. The van der Waals surface area contributed by atoms with E-state index >= 15 is 0 Å². The molecule has 4 rings (SSSR count). The van der Waals surface area contributed by atoms with Crippen molar-refractivity contribution >= 4 is 12.9 Å². The summed E-state index contributed by atoms with van der Waals surface area (Å²) in [6.07, 6.45) is -0.294. The second-order valence-electron chi connectivity index (χ2n) is 8.35. The van der Waals surface area contributed by atoms with Crippen LogP contribution in [0, 0.1) is 0 Å². The van der Waals surface area contributed by atoms with Crippen molar-refractivity contribution in [1.82, 2.24) is 15.0 Å². The normalized spacial score (nSPS) is 12.4. The van der Waals surface area contributed by atoms with E-state index in [1.807, 2.05) is 91.9 Å². The quantitative estimate of drug-likeness (QED) is 0.455. The van der Waals surface area contributed by atoms with Crippen molar-refractivity contribution in [3.05, 3.63) is 84.9 Å². The van der Waals surface area contributed by atoms with Crippen molar-refractivity contribution in [1.29, 1.82) is 0 Å². The SMILES string of the molecule is CC(OBc1cccc(-c2nc(-c3ccccc3)nc(-c3ccccc3)n2)c1)C(C)(C)O. The largest absolute Gasteiger partial charge is 0.429 e. The molecule has 0 radical (unpaired) electrons. The fraction of sp³-hybridized carbons (Fsp3) is 0.192. The zero-order chi connectivity index (χ0) is 22.6. The third kappa shape index (κ3) is 5.28. The van der Waals surface area contributed by atoms with Crippen molar-refractivity contribution in [2.75, 3.05) is 0 Å². The van der Waals surface area contributed by atoms with Gasteiger partial charge in [-0.2, -0.15) is 0 Å². The molecule has 6 heteroatoms. The summed E-state index contributed by atoms with van der Waals surface area (Å²) in [5.74, 6) is 1.87. The highest BCUT2D eigenvalue weighted by molar-refractivity contribution is 6.47. The standard InChI is InChI=1S/C26H26BN3O2/c1-18(26(2,3)31)32-27-22-16-10-15-21(17-22)25-29-23(19-11-6-4-7-12-19)28-24(30-25)20-13-8-5-9-14-20/h4-18,27,31H,1-3H3. The molecule has 0 fully saturated rings. The van der Waals surface area contributed by atoms with Gasteiger partial charge in [-0.3, -0.25) is 0 Å². The Hall–Kier alpha value is -3.35. The molecule has 1 atom stereocenters. The molecule has 0 aliphatic heterocycles. The zero-order valence-corrected chi connectivity index (χ0v) is 18.6. The molecule has 1 aromatic heterocycles. The van der Waals surface area contributed by atoms with Crippen LogP contribution < -0.4 is 5.46 Å². The van der Waals surface area contributed by atoms with Crippen LogP contribution in [0.3, 0.4) is 0 Å². The van der Waals surface area contributed by atoms with Gasteiger partial charge < -0.3 is 9.76 Å². The molecule has 0 amide bonds. The Morgan fingerprint density at radius 3 is 1.69 bits per heavy atom. The molecule has 32 heavy (non-hydrogen) atoms. The van der Waals surface area contributed by atoms with Gasteiger partial charge in [-0.15, -0.1) is 0 Å². The summed E-state index contributed by atoms with van der Waals surface area (Å²) in [5, 5.41) is 10.1. The predicted molar refractivity (Wildman–Crippen MR) is 130 cm³/mol. The molecule has 1 unspecified atom stereocenters. The number of hydrogen-bond acceptors (Lipinski definition) is 5. The van der Waals surface area contributed by atoms with Crippen LogP contribution in [0.1, 0.15) is 20.8 Å². The van der Waals surface area contributed by atoms with Gasteiger partial charge in [0.25, 0.3) is 0 Å². The highest BCUT2D eigenvalue weighted by Crippen LogP contribution is 2.24. The number of rotatable bonds is 7. The van der Waals surface area contributed by atoms with Gasteiger partial charge in [-0.25, -0.2) is 15.0 Å². The summed E-state index contributed by atoms with van der Waals surface area (Å²) in [6, 6.07) is 27.8. The van der Waals surface area contributed by atoms with Crippen LogP contribution in [-0.4, -0.2) is 39.2 Å². The number of benzene rings is 3. The van der Waals surface area contributed by atoms with Gasteiger partial charge in [-0.05, 0) is 20.8 Å². The van der Waals surface area contributed by atoms with Crippen molar-refractivity contribution in [2.45, 2.75) is 32.5 Å². The monoisotopic (exact) mass is 423 g/mol. The number of aromatic nitrogens is 3. The minimum Gasteiger partial charge on any atom is -0.429 e. The van der Waals surface area contributed by atoms with E-state index < -0.39 is 5.60 Å². The van der Waals surface area contributed by atoms with Crippen LogP contribution in [0.2, 0.25) is 0 Å². The van der Waals surface area contributed by atoms with Gasteiger partial charge >= 0.3 is 7.48 Å². The van der Waals surface area contributed by atoms with Crippen molar-refractivity contribution in [3.8, 4) is 34.2 Å². The van der Waals surface area contributed by atoms with Crippen LogP contribution in [0.25, 0.3) is 34.2 Å². The average Bonchev–Trinajstić information content (AvgIpc) is 2.83. The van der Waals surface area contributed by atoms with Gasteiger partial charge in [0.2, 0.25) is 0 Å². The first-order valence-corrected chi connectivity index (χ1v) is 10.7. The zero-order valence-electron chi connectivity index (χ0n) is 18.6. The lowest BCUT2D eigenvalue weighted by molar-refractivity contribution is -0.0222. The van der Waals surface area contributed by atoms with Gasteiger partial charge in [0.15, 0.2) is 17.5 Å². The summed E-state index contributed by atoms with van der Waals surface area (Å²) >= 11 is 0. The minimum atomic E-state index is -0.902. The Bertz CT molecular complexity index is 1120. The van der Waals surface area contributed by atoms with E-state index in [0.717, 1.165) is 22.2 Å². The summed E-state index contributed by atoms with van der Waals surface area (Å²) in [4.78, 5) is 14.3. The molecular weight excluding hydrogens is 397 g/mol. The summed E-state index contributed by atoms with van der Waals surface area (Å²) < 4.78 is 5.87. The maximum absolute atomic E-state index is 10.1. The molecule has 0 spiro atoms. The van der Waals surface area contributed by atoms with Gasteiger partial charge in [0, 0.05) is 16.7 Å². The molecule has 3 aromatic carbocycles. The summed E-state index contributed by atoms with van der Waals surface area (Å²) in [6.45, 7) is 5.36. The molecule has 0 aliphatic rings. The van der Waals surface area contributed by atoms with Crippen LogP contribution >= 0.6 is 0 Å². The van der Waals surface area contributed by atoms with Crippen LogP contribution in [-0.2, 0) is 4.65 Å². The molecule has 0 saturated carbocycles. The van der Waals surface area contributed by atoms with Crippen LogP contribution in [0.4, 0.5) is 0 Å². The predicted octanol–water partition coefficient (Wildman–Crippen LogP) is 4.03. The Balaban J connectivity index is 1.71. The van der Waals surface area contributed by atoms with Crippen LogP contribution in [0.5, 0.6) is 0 Å². The Labute approximate surface area is 189 Å². The van der Waals surface area contributed by atoms with E-state index in [1.165, 1.54) is 0 Å². The fourth-order valence-electron chi connectivity index (χ4n) is 3.16. The lowest BCUT2D eigenvalue weighted by Crippen LogP contribution is -2.38. The van der Waals surface area contributed by atoms with Crippen molar-refractivity contribution in [3.63, 3.8) is 0 Å². The lowest BCUT2D eigenvalue weighted by atomic mass is 9.85.